The van der Waals surface area contributed by atoms with E-state index in [-0.39, 0.29) is 18.1 Å². The van der Waals surface area contributed by atoms with Gasteiger partial charge in [0.05, 0.1) is 21.5 Å². The molecule has 2 rings (SSSR count). The molecule has 152 valence electrons. The Morgan fingerprint density at radius 3 is 2.14 bits per heavy atom. The molecule has 0 aliphatic rings. The Balaban J connectivity index is 1.99. The molecule has 0 radical (unpaired) electrons. The number of hydrogen-bond acceptors (Lipinski definition) is 7. The number of hydrazine groups is 1. The van der Waals surface area contributed by atoms with Crippen molar-refractivity contribution in [3.63, 3.8) is 0 Å². The van der Waals surface area contributed by atoms with Crippen LogP contribution in [0.5, 0.6) is 5.75 Å². The summed E-state index contributed by atoms with van der Waals surface area (Å²) in [5, 5.41) is 21.8. The summed E-state index contributed by atoms with van der Waals surface area (Å²) in [5.41, 5.74) is 3.45. The molecule has 2 aromatic carbocycles. The van der Waals surface area contributed by atoms with Crippen LogP contribution in [0.1, 0.15) is 35.7 Å². The van der Waals surface area contributed by atoms with Crippen molar-refractivity contribution in [2.24, 2.45) is 0 Å². The number of nitrogens with zero attached hydrogens (tertiary/aromatic N) is 2. The van der Waals surface area contributed by atoms with Gasteiger partial charge in [0, 0.05) is 12.1 Å². The van der Waals surface area contributed by atoms with Gasteiger partial charge in [0.2, 0.25) is 0 Å². The Bertz CT molecular complexity index is 927. The normalized spacial score (nSPS) is 10.3. The molecule has 2 amide bonds. The Morgan fingerprint density at radius 1 is 1.00 bits per heavy atom. The van der Waals surface area contributed by atoms with Crippen molar-refractivity contribution < 1.29 is 24.2 Å². The molecular weight excluding hydrogens is 384 g/mol. The number of carbonyl (C=O) groups is 2. The molecule has 0 saturated carbocycles. The van der Waals surface area contributed by atoms with Gasteiger partial charge in [0.25, 0.3) is 23.2 Å². The summed E-state index contributed by atoms with van der Waals surface area (Å²) in [6, 6.07) is 9.65. The lowest BCUT2D eigenvalue weighted by molar-refractivity contribution is -0.394. The van der Waals surface area contributed by atoms with Gasteiger partial charge >= 0.3 is 0 Å². The van der Waals surface area contributed by atoms with Gasteiger partial charge in [0.15, 0.2) is 6.61 Å². The number of ether oxygens (including phenoxy) is 1. The first-order valence-electron chi connectivity index (χ1n) is 8.43. The first kappa shape index (κ1) is 21.3. The monoisotopic (exact) mass is 402 g/mol. The summed E-state index contributed by atoms with van der Waals surface area (Å²) in [4.78, 5) is 44.1. The molecule has 11 heteroatoms. The highest BCUT2D eigenvalue weighted by Gasteiger charge is 2.20. The Kier molecular flexibility index (Phi) is 6.80. The molecule has 0 fully saturated rings. The molecule has 0 saturated heterocycles. The van der Waals surface area contributed by atoms with Gasteiger partial charge in [-0.15, -0.1) is 0 Å². The molecule has 0 aliphatic carbocycles. The smallest absolute Gasteiger partial charge is 0.277 e. The molecule has 0 atom stereocenters. The van der Waals surface area contributed by atoms with Gasteiger partial charge in [0.1, 0.15) is 5.75 Å². The fraction of sp³-hybridized carbons (Fsp3) is 0.222. The summed E-state index contributed by atoms with van der Waals surface area (Å²) in [6.07, 6.45) is 0. The quantitative estimate of drug-likeness (QED) is 0.532. The van der Waals surface area contributed by atoms with Crippen LogP contribution in [-0.2, 0) is 4.79 Å². The van der Waals surface area contributed by atoms with Gasteiger partial charge in [-0.25, -0.2) is 0 Å². The highest BCUT2D eigenvalue weighted by atomic mass is 16.6. The van der Waals surface area contributed by atoms with E-state index < -0.39 is 33.0 Å². The maximum atomic E-state index is 12.1. The van der Waals surface area contributed by atoms with Crippen molar-refractivity contribution in [2.45, 2.75) is 19.8 Å². The van der Waals surface area contributed by atoms with Crippen LogP contribution < -0.4 is 15.6 Å². The van der Waals surface area contributed by atoms with Crippen LogP contribution in [-0.4, -0.2) is 28.3 Å². The third-order valence-electron chi connectivity index (χ3n) is 3.80. The fourth-order valence-corrected chi connectivity index (χ4v) is 2.40. The fourth-order valence-electron chi connectivity index (χ4n) is 2.40. The molecule has 2 aromatic rings. The van der Waals surface area contributed by atoms with E-state index in [4.69, 9.17) is 4.74 Å². The minimum atomic E-state index is -0.951. The summed E-state index contributed by atoms with van der Waals surface area (Å²) < 4.78 is 5.46. The van der Waals surface area contributed by atoms with E-state index in [0.717, 1.165) is 23.8 Å². The van der Waals surface area contributed by atoms with E-state index >= 15 is 0 Å². The van der Waals surface area contributed by atoms with E-state index in [1.54, 1.807) is 12.1 Å². The van der Waals surface area contributed by atoms with E-state index in [0.29, 0.717) is 5.75 Å². The molecule has 0 aliphatic heterocycles. The minimum Gasteiger partial charge on any atom is -0.483 e. The molecule has 0 bridgehead atoms. The van der Waals surface area contributed by atoms with Crippen molar-refractivity contribution in [1.29, 1.82) is 0 Å². The standard InChI is InChI=1S/C18H18N4O7/c1-11(2)15-5-3-4-6-16(15)29-10-17(23)19-20-18(24)12-7-13(21(25)26)9-14(8-12)22(27)28/h3-9,11H,10H2,1-2H3,(H,19,23)(H,20,24). The van der Waals surface area contributed by atoms with Gasteiger partial charge in [-0.05, 0) is 17.5 Å². The number of benzene rings is 2. The number of non-ortho nitro benzene ring substituents is 2. The highest BCUT2D eigenvalue weighted by Crippen LogP contribution is 2.25. The molecule has 0 heterocycles. The van der Waals surface area contributed by atoms with Crippen molar-refractivity contribution in [3.05, 3.63) is 73.8 Å². The summed E-state index contributed by atoms with van der Waals surface area (Å²) >= 11 is 0. The average Bonchev–Trinajstić information content (AvgIpc) is 2.70. The SMILES string of the molecule is CC(C)c1ccccc1OCC(=O)NNC(=O)c1cc([N+](=O)[O-])cc([N+](=O)[O-])c1. The molecule has 2 N–H and O–H groups in total. The van der Waals surface area contributed by atoms with Gasteiger partial charge in [-0.2, -0.15) is 0 Å². The van der Waals surface area contributed by atoms with Gasteiger partial charge in [-0.3, -0.25) is 40.7 Å². The number of carbonyl (C=O) groups excluding carboxylic acids is 2. The van der Waals surface area contributed by atoms with Crippen LogP contribution in [0, 0.1) is 20.2 Å². The Morgan fingerprint density at radius 2 is 1.59 bits per heavy atom. The number of nitro groups is 2. The number of hydrogen-bond donors (Lipinski definition) is 2. The minimum absolute atomic E-state index is 0.179. The van der Waals surface area contributed by atoms with Crippen molar-refractivity contribution >= 4 is 23.2 Å². The lowest BCUT2D eigenvalue weighted by Crippen LogP contribution is -2.43. The zero-order valence-corrected chi connectivity index (χ0v) is 15.6. The number of rotatable bonds is 7. The van der Waals surface area contributed by atoms with Crippen LogP contribution in [0.15, 0.2) is 42.5 Å². The first-order chi connectivity index (χ1) is 13.7. The van der Waals surface area contributed by atoms with Crippen LogP contribution >= 0.6 is 0 Å². The van der Waals surface area contributed by atoms with E-state index in [1.807, 2.05) is 31.4 Å². The van der Waals surface area contributed by atoms with E-state index in [1.165, 1.54) is 0 Å². The topological polar surface area (TPSA) is 154 Å². The second-order valence-corrected chi connectivity index (χ2v) is 6.24. The third-order valence-corrected chi connectivity index (χ3v) is 3.80. The van der Waals surface area contributed by atoms with Gasteiger partial charge < -0.3 is 4.74 Å². The van der Waals surface area contributed by atoms with Crippen molar-refractivity contribution in [1.82, 2.24) is 10.9 Å². The number of amides is 2. The van der Waals surface area contributed by atoms with Crippen LogP contribution in [0.2, 0.25) is 0 Å². The lowest BCUT2D eigenvalue weighted by atomic mass is 10.0. The molecular formula is C18H18N4O7. The molecule has 29 heavy (non-hydrogen) atoms. The Hall–Kier alpha value is -4.02. The van der Waals surface area contributed by atoms with Crippen molar-refractivity contribution in [2.75, 3.05) is 6.61 Å². The lowest BCUT2D eigenvalue weighted by Gasteiger charge is -2.14. The molecule has 0 unspecified atom stereocenters. The summed E-state index contributed by atoms with van der Waals surface area (Å²) in [6.45, 7) is 3.56. The zero-order chi connectivity index (χ0) is 21.6. The maximum Gasteiger partial charge on any atom is 0.277 e. The predicted molar refractivity (Wildman–Crippen MR) is 101 cm³/mol. The number of nitro benzene ring substituents is 2. The Labute approximate surface area is 164 Å². The average molecular weight is 402 g/mol. The third kappa shape index (κ3) is 5.73. The van der Waals surface area contributed by atoms with E-state index in [2.05, 4.69) is 5.43 Å². The molecule has 0 spiro atoms. The predicted octanol–water partition coefficient (Wildman–Crippen LogP) is 2.47. The maximum absolute atomic E-state index is 12.1. The van der Waals surface area contributed by atoms with Crippen molar-refractivity contribution in [3.8, 4) is 5.75 Å². The van der Waals surface area contributed by atoms with Crippen LogP contribution in [0.4, 0.5) is 11.4 Å². The first-order valence-corrected chi connectivity index (χ1v) is 8.43. The van der Waals surface area contributed by atoms with Crippen LogP contribution in [0.25, 0.3) is 0 Å². The number of nitrogens with one attached hydrogen (secondary N) is 2. The second-order valence-electron chi connectivity index (χ2n) is 6.24. The summed E-state index contributed by atoms with van der Waals surface area (Å²) in [7, 11) is 0. The van der Waals surface area contributed by atoms with E-state index in [9.17, 15) is 29.8 Å². The highest BCUT2D eigenvalue weighted by molar-refractivity contribution is 5.96. The van der Waals surface area contributed by atoms with Crippen LogP contribution in [0.3, 0.4) is 0 Å². The zero-order valence-electron chi connectivity index (χ0n) is 15.6. The number of para-hydroxylation sites is 1. The van der Waals surface area contributed by atoms with Gasteiger partial charge in [-0.1, -0.05) is 32.0 Å². The molecule has 0 aromatic heterocycles. The molecule has 11 nitrogen and oxygen atoms in total. The second kappa shape index (κ2) is 9.26. The summed E-state index contributed by atoms with van der Waals surface area (Å²) in [5.74, 6) is -0.929. The largest absolute Gasteiger partial charge is 0.483 e.